The van der Waals surface area contributed by atoms with Gasteiger partial charge in [-0.05, 0) is 24.3 Å². The molecule has 3 N–H and O–H groups in total. The number of pyridine rings is 1. The molecular weight excluding hydrogens is 246 g/mol. The van der Waals surface area contributed by atoms with Gasteiger partial charge in [0.2, 0.25) is 0 Å². The van der Waals surface area contributed by atoms with E-state index in [1.54, 1.807) is 24.3 Å². The van der Waals surface area contributed by atoms with Crippen LogP contribution in [-0.4, -0.2) is 22.0 Å². The van der Waals surface area contributed by atoms with Crippen LogP contribution in [-0.2, 0) is 0 Å². The number of carbonyl (C=O) groups excluding carboxylic acids is 2. The highest BCUT2D eigenvalue weighted by Gasteiger charge is 2.13. The zero-order valence-electron chi connectivity index (χ0n) is 9.83. The van der Waals surface area contributed by atoms with Crippen LogP contribution in [0.2, 0.25) is 0 Å². The highest BCUT2D eigenvalue weighted by Crippen LogP contribution is 2.15. The van der Waals surface area contributed by atoms with Crippen molar-refractivity contribution in [1.82, 2.24) is 10.3 Å². The normalized spacial score (nSPS) is 9.68. The Morgan fingerprint density at radius 2 is 1.74 bits per heavy atom. The van der Waals surface area contributed by atoms with Crippen LogP contribution in [0.25, 0.3) is 0 Å². The Kier molecular flexibility index (Phi) is 3.72. The fourth-order valence-electron chi connectivity index (χ4n) is 1.43. The molecule has 1 aromatic carbocycles. The summed E-state index contributed by atoms with van der Waals surface area (Å²) in [7, 11) is 0. The van der Waals surface area contributed by atoms with Crippen molar-refractivity contribution in [2.45, 2.75) is 0 Å². The van der Waals surface area contributed by atoms with Gasteiger partial charge in [-0.1, -0.05) is 12.1 Å². The lowest BCUT2D eigenvalue weighted by molar-refractivity contribution is 0.0964. The second kappa shape index (κ2) is 5.63. The van der Waals surface area contributed by atoms with Crippen molar-refractivity contribution in [2.75, 3.05) is 5.32 Å². The Morgan fingerprint density at radius 3 is 2.42 bits per heavy atom. The third kappa shape index (κ3) is 3.29. The van der Waals surface area contributed by atoms with Crippen molar-refractivity contribution in [3.63, 3.8) is 0 Å². The fraction of sp³-hybridized carbons (Fsp3) is 0. The molecule has 0 saturated carbocycles. The van der Waals surface area contributed by atoms with Crippen LogP contribution in [0.4, 0.5) is 10.5 Å². The Balaban J connectivity index is 2.00. The average molecular weight is 257 g/mol. The predicted octanol–water partition coefficient (Wildman–Crippen LogP) is 1.75. The van der Waals surface area contributed by atoms with E-state index in [0.717, 1.165) is 0 Å². The molecule has 0 saturated heterocycles. The number of carbonyl (C=O) groups is 2. The van der Waals surface area contributed by atoms with Gasteiger partial charge < -0.3 is 10.4 Å². The number of rotatable bonds is 2. The number of nitrogens with zero attached hydrogens (tertiary/aromatic N) is 1. The van der Waals surface area contributed by atoms with Gasteiger partial charge in [0.25, 0.3) is 5.91 Å². The minimum absolute atomic E-state index is 0.0346. The van der Waals surface area contributed by atoms with E-state index in [1.165, 1.54) is 24.5 Å². The largest absolute Gasteiger partial charge is 0.507 e. The second-order valence-corrected chi connectivity index (χ2v) is 3.66. The number of phenols is 1. The van der Waals surface area contributed by atoms with Gasteiger partial charge in [0.1, 0.15) is 5.75 Å². The topological polar surface area (TPSA) is 91.3 Å². The molecule has 6 nitrogen and oxygen atoms in total. The van der Waals surface area contributed by atoms with E-state index < -0.39 is 11.9 Å². The summed E-state index contributed by atoms with van der Waals surface area (Å²) in [6.07, 6.45) is 3.03. The van der Waals surface area contributed by atoms with Crippen molar-refractivity contribution < 1.29 is 14.7 Å². The number of aromatic hydroxyl groups is 1. The molecule has 0 spiro atoms. The lowest BCUT2D eigenvalue weighted by Crippen LogP contribution is -2.34. The average Bonchev–Trinajstić information content (AvgIpc) is 2.40. The van der Waals surface area contributed by atoms with E-state index in [0.29, 0.717) is 5.69 Å². The van der Waals surface area contributed by atoms with Crippen molar-refractivity contribution in [3.05, 3.63) is 54.4 Å². The highest BCUT2D eigenvalue weighted by molar-refractivity contribution is 6.09. The summed E-state index contributed by atoms with van der Waals surface area (Å²) in [5.74, 6) is -0.860. The van der Waals surface area contributed by atoms with E-state index in [9.17, 15) is 14.7 Å². The lowest BCUT2D eigenvalue weighted by atomic mass is 10.2. The number of urea groups is 1. The predicted molar refractivity (Wildman–Crippen MR) is 68.8 cm³/mol. The first-order valence-corrected chi connectivity index (χ1v) is 5.47. The molecule has 0 atom stereocenters. The summed E-state index contributed by atoms with van der Waals surface area (Å²) in [4.78, 5) is 27.1. The molecule has 0 aliphatic carbocycles. The van der Waals surface area contributed by atoms with E-state index in [4.69, 9.17) is 0 Å². The molecule has 0 unspecified atom stereocenters. The van der Waals surface area contributed by atoms with Crippen LogP contribution >= 0.6 is 0 Å². The van der Waals surface area contributed by atoms with Crippen molar-refractivity contribution in [1.29, 1.82) is 0 Å². The summed E-state index contributed by atoms with van der Waals surface area (Å²) < 4.78 is 0. The van der Waals surface area contributed by atoms with Gasteiger partial charge in [-0.3, -0.25) is 15.1 Å². The van der Waals surface area contributed by atoms with Crippen LogP contribution in [0, 0.1) is 0 Å². The molecule has 1 aromatic heterocycles. The Hall–Kier alpha value is -2.89. The zero-order chi connectivity index (χ0) is 13.7. The van der Waals surface area contributed by atoms with E-state index in [1.807, 2.05) is 0 Å². The monoisotopic (exact) mass is 257 g/mol. The maximum atomic E-state index is 11.7. The number of anilines is 1. The SMILES string of the molecule is O=C(NC(=O)c1ccccc1O)Nc1ccncc1. The van der Waals surface area contributed by atoms with Gasteiger partial charge in [0, 0.05) is 18.1 Å². The minimum atomic E-state index is -0.681. The Morgan fingerprint density at radius 1 is 1.05 bits per heavy atom. The standard InChI is InChI=1S/C13H11N3O3/c17-11-4-2-1-3-10(11)12(18)16-13(19)15-9-5-7-14-8-6-9/h1-8,17H,(H2,14,15,16,18,19). The number of aromatic nitrogens is 1. The van der Waals surface area contributed by atoms with Crippen molar-refractivity contribution in [3.8, 4) is 5.75 Å². The molecule has 2 rings (SSSR count). The molecule has 3 amide bonds. The second-order valence-electron chi connectivity index (χ2n) is 3.66. The first kappa shape index (κ1) is 12.6. The van der Waals surface area contributed by atoms with Gasteiger partial charge >= 0.3 is 6.03 Å². The van der Waals surface area contributed by atoms with E-state index in [-0.39, 0.29) is 11.3 Å². The molecule has 6 heteroatoms. The van der Waals surface area contributed by atoms with Crippen molar-refractivity contribution >= 4 is 17.6 Å². The number of amides is 3. The number of hydrogen-bond acceptors (Lipinski definition) is 4. The van der Waals surface area contributed by atoms with Gasteiger partial charge in [-0.25, -0.2) is 4.79 Å². The Bertz CT molecular complexity index is 599. The third-order valence-electron chi connectivity index (χ3n) is 2.31. The lowest BCUT2D eigenvalue weighted by Gasteiger charge is -2.07. The summed E-state index contributed by atoms with van der Waals surface area (Å²) in [6, 6.07) is 8.46. The summed E-state index contributed by atoms with van der Waals surface area (Å²) in [5, 5.41) is 14.1. The number of phenolic OH excluding ortho intramolecular Hbond substituents is 1. The maximum absolute atomic E-state index is 11.7. The number of hydrogen-bond donors (Lipinski definition) is 3. The molecule has 2 aromatic rings. The Labute approximate surface area is 109 Å². The highest BCUT2D eigenvalue weighted by atomic mass is 16.3. The number of imide groups is 1. The summed E-state index contributed by atoms with van der Waals surface area (Å²) in [6.45, 7) is 0. The van der Waals surface area contributed by atoms with E-state index in [2.05, 4.69) is 15.6 Å². The fourth-order valence-corrected chi connectivity index (χ4v) is 1.43. The van der Waals surface area contributed by atoms with E-state index >= 15 is 0 Å². The minimum Gasteiger partial charge on any atom is -0.507 e. The number of para-hydroxylation sites is 1. The van der Waals surface area contributed by atoms with Crippen molar-refractivity contribution in [2.24, 2.45) is 0 Å². The molecule has 96 valence electrons. The van der Waals surface area contributed by atoms with Gasteiger partial charge in [-0.2, -0.15) is 0 Å². The van der Waals surface area contributed by atoms with Crippen LogP contribution in [0.3, 0.4) is 0 Å². The summed E-state index contributed by atoms with van der Waals surface area (Å²) >= 11 is 0. The summed E-state index contributed by atoms with van der Waals surface area (Å²) in [5.41, 5.74) is 0.546. The molecule has 0 bridgehead atoms. The van der Waals surface area contributed by atoms with Crippen LogP contribution in [0.1, 0.15) is 10.4 Å². The first-order valence-electron chi connectivity index (χ1n) is 5.47. The third-order valence-corrected chi connectivity index (χ3v) is 2.31. The number of benzene rings is 1. The molecule has 19 heavy (non-hydrogen) atoms. The molecule has 0 aliphatic rings. The smallest absolute Gasteiger partial charge is 0.326 e. The van der Waals surface area contributed by atoms with Crippen LogP contribution < -0.4 is 10.6 Å². The van der Waals surface area contributed by atoms with Gasteiger partial charge in [0.05, 0.1) is 5.56 Å². The molecule has 0 fully saturated rings. The molecule has 1 heterocycles. The van der Waals surface area contributed by atoms with Gasteiger partial charge in [0.15, 0.2) is 0 Å². The van der Waals surface area contributed by atoms with Gasteiger partial charge in [-0.15, -0.1) is 0 Å². The molecule has 0 radical (unpaired) electrons. The molecular formula is C13H11N3O3. The maximum Gasteiger partial charge on any atom is 0.326 e. The first-order chi connectivity index (χ1) is 9.16. The number of nitrogens with one attached hydrogen (secondary N) is 2. The molecule has 0 aliphatic heterocycles. The quantitative estimate of drug-likeness (QED) is 0.764. The van der Waals surface area contributed by atoms with Crippen LogP contribution in [0.5, 0.6) is 5.75 Å². The van der Waals surface area contributed by atoms with Crippen LogP contribution in [0.15, 0.2) is 48.8 Å². The zero-order valence-corrected chi connectivity index (χ0v) is 9.83.